The van der Waals surface area contributed by atoms with E-state index in [9.17, 15) is 14.4 Å². The van der Waals surface area contributed by atoms with Gasteiger partial charge in [-0.15, -0.1) is 11.3 Å². The average Bonchev–Trinajstić information content (AvgIpc) is 2.82. The zero-order valence-corrected chi connectivity index (χ0v) is 14.9. The van der Waals surface area contributed by atoms with Gasteiger partial charge in [-0.25, -0.2) is 4.39 Å². The van der Waals surface area contributed by atoms with E-state index in [0.29, 0.717) is 21.0 Å². The van der Waals surface area contributed by atoms with E-state index in [0.717, 1.165) is 29.7 Å². The lowest BCUT2D eigenvalue weighted by atomic mass is 9.88. The normalized spacial score (nSPS) is 16.5. The highest BCUT2D eigenvalue weighted by atomic mass is 79.9. The Balaban J connectivity index is 1.91. The van der Waals surface area contributed by atoms with E-state index < -0.39 is 11.7 Å². The summed E-state index contributed by atoms with van der Waals surface area (Å²) in [4.78, 5) is 13.5. The standard InChI is InChI=1S/C17H14BrFN2OS/c1-9-2-4-11-13(8-20)17(23-15(11)6-9)21-16(22)12-5-3-10(18)7-14(12)19/h3,5,7,9H,2,4,6H2,1H3,(H,21,22)/t9-/m0/s1. The van der Waals surface area contributed by atoms with Crippen molar-refractivity contribution in [2.24, 2.45) is 5.92 Å². The van der Waals surface area contributed by atoms with Gasteiger partial charge in [-0.1, -0.05) is 22.9 Å². The fraction of sp³-hybridized carbons (Fsp3) is 0.294. The van der Waals surface area contributed by atoms with Crippen molar-refractivity contribution in [2.45, 2.75) is 26.2 Å². The van der Waals surface area contributed by atoms with Crippen molar-refractivity contribution >= 4 is 38.2 Å². The second kappa shape index (κ2) is 6.42. The minimum absolute atomic E-state index is 0.0307. The van der Waals surface area contributed by atoms with Crippen LogP contribution in [-0.4, -0.2) is 5.91 Å². The SMILES string of the molecule is C[C@H]1CCc2c(sc(NC(=O)c3ccc(Br)cc3F)c2C#N)C1. The first-order valence-corrected chi connectivity index (χ1v) is 8.91. The van der Waals surface area contributed by atoms with Crippen molar-refractivity contribution in [2.75, 3.05) is 5.32 Å². The predicted molar refractivity (Wildman–Crippen MR) is 92.3 cm³/mol. The van der Waals surface area contributed by atoms with E-state index in [4.69, 9.17) is 0 Å². The Bertz CT molecular complexity index is 825. The Kier molecular flexibility index (Phi) is 4.51. The summed E-state index contributed by atoms with van der Waals surface area (Å²) in [7, 11) is 0. The van der Waals surface area contributed by atoms with Gasteiger partial charge in [-0.05, 0) is 48.9 Å². The van der Waals surface area contributed by atoms with E-state index >= 15 is 0 Å². The number of carbonyl (C=O) groups is 1. The molecule has 2 aromatic rings. The molecule has 3 rings (SSSR count). The molecular weight excluding hydrogens is 379 g/mol. The molecule has 23 heavy (non-hydrogen) atoms. The van der Waals surface area contributed by atoms with Crippen LogP contribution in [-0.2, 0) is 12.8 Å². The van der Waals surface area contributed by atoms with E-state index in [-0.39, 0.29) is 5.56 Å². The highest BCUT2D eigenvalue weighted by Gasteiger charge is 2.25. The number of halogens is 2. The van der Waals surface area contributed by atoms with Gasteiger partial charge in [0.2, 0.25) is 0 Å². The third-order valence-electron chi connectivity index (χ3n) is 4.03. The molecule has 0 saturated heterocycles. The highest BCUT2D eigenvalue weighted by Crippen LogP contribution is 2.39. The van der Waals surface area contributed by atoms with Gasteiger partial charge >= 0.3 is 0 Å². The smallest absolute Gasteiger partial charge is 0.259 e. The lowest BCUT2D eigenvalue weighted by Crippen LogP contribution is -2.13. The molecule has 1 aliphatic rings. The van der Waals surface area contributed by atoms with Gasteiger partial charge in [0.05, 0.1) is 11.1 Å². The fourth-order valence-electron chi connectivity index (χ4n) is 2.80. The van der Waals surface area contributed by atoms with Crippen molar-refractivity contribution in [3.05, 3.63) is 50.1 Å². The van der Waals surface area contributed by atoms with Crippen molar-refractivity contribution in [3.8, 4) is 6.07 Å². The maximum Gasteiger partial charge on any atom is 0.259 e. The highest BCUT2D eigenvalue weighted by molar-refractivity contribution is 9.10. The first-order valence-electron chi connectivity index (χ1n) is 7.30. The van der Waals surface area contributed by atoms with Gasteiger partial charge in [0, 0.05) is 9.35 Å². The molecule has 0 unspecified atom stereocenters. The molecule has 1 amide bonds. The molecule has 0 aliphatic heterocycles. The van der Waals surface area contributed by atoms with Gasteiger partial charge in [0.1, 0.15) is 16.9 Å². The molecule has 1 atom stereocenters. The summed E-state index contributed by atoms with van der Waals surface area (Å²) in [5, 5.41) is 12.7. The summed E-state index contributed by atoms with van der Waals surface area (Å²) in [6, 6.07) is 6.49. The maximum atomic E-state index is 13.9. The van der Waals surface area contributed by atoms with Crippen molar-refractivity contribution < 1.29 is 9.18 Å². The second-order valence-electron chi connectivity index (χ2n) is 5.75. The van der Waals surface area contributed by atoms with Gasteiger partial charge in [-0.3, -0.25) is 4.79 Å². The van der Waals surface area contributed by atoms with Crippen molar-refractivity contribution in [1.29, 1.82) is 5.26 Å². The number of nitriles is 1. The van der Waals surface area contributed by atoms with E-state index in [2.05, 4.69) is 34.2 Å². The summed E-state index contributed by atoms with van der Waals surface area (Å²) in [5.74, 6) is -0.538. The molecule has 1 aromatic heterocycles. The minimum Gasteiger partial charge on any atom is -0.312 e. The van der Waals surface area contributed by atoms with Crippen LogP contribution in [0.5, 0.6) is 0 Å². The quantitative estimate of drug-likeness (QED) is 0.789. The van der Waals surface area contributed by atoms with Crippen LogP contribution < -0.4 is 5.32 Å². The van der Waals surface area contributed by atoms with Gasteiger partial charge in [-0.2, -0.15) is 5.26 Å². The molecule has 1 heterocycles. The van der Waals surface area contributed by atoms with Gasteiger partial charge < -0.3 is 5.32 Å². The van der Waals surface area contributed by atoms with Crippen LogP contribution in [0.25, 0.3) is 0 Å². The fourth-order valence-corrected chi connectivity index (χ4v) is 4.49. The van der Waals surface area contributed by atoms with Crippen LogP contribution >= 0.6 is 27.3 Å². The molecular formula is C17H14BrFN2OS. The number of anilines is 1. The first-order chi connectivity index (χ1) is 11.0. The monoisotopic (exact) mass is 392 g/mol. The number of thiophene rings is 1. The summed E-state index contributed by atoms with van der Waals surface area (Å²) in [6.07, 6.45) is 2.84. The third kappa shape index (κ3) is 3.17. The Morgan fingerprint density at radius 1 is 1.52 bits per heavy atom. The number of carbonyl (C=O) groups excluding carboxylic acids is 1. The Morgan fingerprint density at radius 2 is 2.30 bits per heavy atom. The zero-order chi connectivity index (χ0) is 16.6. The van der Waals surface area contributed by atoms with Crippen LogP contribution in [0.4, 0.5) is 9.39 Å². The van der Waals surface area contributed by atoms with Crippen LogP contribution in [0.1, 0.15) is 39.7 Å². The third-order valence-corrected chi connectivity index (χ3v) is 5.69. The van der Waals surface area contributed by atoms with E-state index in [1.807, 2.05) is 0 Å². The number of rotatable bonds is 2. The number of nitrogens with zero attached hydrogens (tertiary/aromatic N) is 1. The molecule has 6 heteroatoms. The lowest BCUT2D eigenvalue weighted by molar-refractivity contribution is 0.102. The lowest BCUT2D eigenvalue weighted by Gasteiger charge is -2.17. The molecule has 118 valence electrons. The Labute approximate surface area is 146 Å². The van der Waals surface area contributed by atoms with Gasteiger partial charge in [0.15, 0.2) is 0 Å². The molecule has 0 spiro atoms. The first kappa shape index (κ1) is 16.2. The van der Waals surface area contributed by atoms with Crippen LogP contribution in [0.3, 0.4) is 0 Å². The molecule has 0 bridgehead atoms. The minimum atomic E-state index is -0.592. The molecule has 1 aromatic carbocycles. The number of amides is 1. The van der Waals surface area contributed by atoms with Gasteiger partial charge in [0.25, 0.3) is 5.91 Å². The van der Waals surface area contributed by atoms with E-state index in [1.54, 1.807) is 6.07 Å². The van der Waals surface area contributed by atoms with Crippen molar-refractivity contribution in [3.63, 3.8) is 0 Å². The molecule has 1 aliphatic carbocycles. The van der Waals surface area contributed by atoms with Crippen LogP contribution in [0, 0.1) is 23.1 Å². The van der Waals surface area contributed by atoms with Crippen molar-refractivity contribution in [1.82, 2.24) is 0 Å². The zero-order valence-electron chi connectivity index (χ0n) is 12.5. The van der Waals surface area contributed by atoms with E-state index in [1.165, 1.54) is 23.5 Å². The number of fused-ring (bicyclic) bond motifs is 1. The Morgan fingerprint density at radius 3 is 3.00 bits per heavy atom. The molecule has 0 saturated carbocycles. The number of hydrogen-bond acceptors (Lipinski definition) is 3. The number of benzene rings is 1. The molecule has 1 N–H and O–H groups in total. The predicted octanol–water partition coefficient (Wildman–Crippen LogP) is 4.90. The number of nitrogens with one attached hydrogen (secondary N) is 1. The molecule has 3 nitrogen and oxygen atoms in total. The summed E-state index contributed by atoms with van der Waals surface area (Å²) in [5.41, 5.74) is 1.54. The van der Waals surface area contributed by atoms with Crippen LogP contribution in [0.2, 0.25) is 0 Å². The summed E-state index contributed by atoms with van der Waals surface area (Å²) < 4.78 is 14.5. The Hall–Kier alpha value is -1.71. The maximum absolute atomic E-state index is 13.9. The summed E-state index contributed by atoms with van der Waals surface area (Å²) >= 11 is 4.60. The molecule has 0 fully saturated rings. The summed E-state index contributed by atoms with van der Waals surface area (Å²) in [6.45, 7) is 2.18. The number of hydrogen-bond donors (Lipinski definition) is 1. The topological polar surface area (TPSA) is 52.9 Å². The molecule has 0 radical (unpaired) electrons. The average molecular weight is 393 g/mol. The second-order valence-corrected chi connectivity index (χ2v) is 7.77. The largest absolute Gasteiger partial charge is 0.312 e. The van der Waals surface area contributed by atoms with Crippen LogP contribution in [0.15, 0.2) is 22.7 Å².